The molecule has 0 saturated heterocycles. The topological polar surface area (TPSA) is 81.9 Å². The third-order valence-corrected chi connectivity index (χ3v) is 4.68. The summed E-state index contributed by atoms with van der Waals surface area (Å²) in [6.07, 6.45) is 0.706. The number of rotatable bonds is 7. The van der Waals surface area contributed by atoms with Gasteiger partial charge in [-0.05, 0) is 13.0 Å². The molecule has 3 aromatic heterocycles. The van der Waals surface area contributed by atoms with Gasteiger partial charge in [-0.25, -0.2) is 9.97 Å². The van der Waals surface area contributed by atoms with Crippen LogP contribution in [0, 0.1) is 6.92 Å². The molecular formula is C17H16F3N5O2S. The first-order valence-electron chi connectivity index (χ1n) is 8.18. The number of nitrogens with zero attached hydrogens (tertiary/aromatic N) is 4. The maximum atomic E-state index is 12.2. The van der Waals surface area contributed by atoms with E-state index >= 15 is 0 Å². The van der Waals surface area contributed by atoms with Gasteiger partial charge in [0.2, 0.25) is 5.88 Å². The van der Waals surface area contributed by atoms with Crippen LogP contribution >= 0.6 is 11.3 Å². The van der Waals surface area contributed by atoms with Crippen molar-refractivity contribution in [2.45, 2.75) is 26.1 Å². The highest BCUT2D eigenvalue weighted by Crippen LogP contribution is 2.18. The molecule has 3 rings (SSSR count). The molecule has 11 heteroatoms. The fourth-order valence-corrected chi connectivity index (χ4v) is 3.06. The summed E-state index contributed by atoms with van der Waals surface area (Å²) in [5.41, 5.74) is 3.49. The van der Waals surface area contributed by atoms with Crippen LogP contribution in [0.2, 0.25) is 0 Å². The summed E-state index contributed by atoms with van der Waals surface area (Å²) >= 11 is 1.59. The molecule has 1 amide bonds. The highest BCUT2D eigenvalue weighted by molar-refractivity contribution is 7.09. The second kappa shape index (κ2) is 8.38. The third-order valence-electron chi connectivity index (χ3n) is 3.69. The monoisotopic (exact) mass is 411 g/mol. The molecule has 0 bridgehead atoms. The van der Waals surface area contributed by atoms with Gasteiger partial charge in [-0.1, -0.05) is 0 Å². The molecule has 148 valence electrons. The minimum atomic E-state index is -4.45. The fourth-order valence-electron chi connectivity index (χ4n) is 2.29. The van der Waals surface area contributed by atoms with Crippen molar-refractivity contribution in [3.63, 3.8) is 0 Å². The number of amides is 1. The molecule has 28 heavy (non-hydrogen) atoms. The lowest BCUT2D eigenvalue weighted by atomic mass is 10.2. The molecule has 1 N–H and O–H groups in total. The van der Waals surface area contributed by atoms with Gasteiger partial charge in [0.1, 0.15) is 0 Å². The van der Waals surface area contributed by atoms with E-state index in [1.54, 1.807) is 27.7 Å². The van der Waals surface area contributed by atoms with Crippen LogP contribution in [0.25, 0.3) is 0 Å². The number of halogens is 3. The first-order chi connectivity index (χ1) is 13.3. The molecule has 3 aromatic rings. The van der Waals surface area contributed by atoms with Gasteiger partial charge in [-0.3, -0.25) is 9.48 Å². The van der Waals surface area contributed by atoms with Gasteiger partial charge in [0.05, 0.1) is 28.7 Å². The minimum Gasteiger partial charge on any atom is -0.468 e. The van der Waals surface area contributed by atoms with Crippen LogP contribution in [0.5, 0.6) is 5.88 Å². The SMILES string of the molecule is Cc1ncsc1CCn1cc(NC(=O)c2ccc(OCC(F)(F)F)nc2)cn1. The lowest BCUT2D eigenvalue weighted by Gasteiger charge is -2.08. The highest BCUT2D eigenvalue weighted by atomic mass is 32.1. The Labute approximate surface area is 162 Å². The van der Waals surface area contributed by atoms with Crippen LogP contribution in [0.4, 0.5) is 18.9 Å². The standard InChI is InChI=1S/C17H16F3N5O2S/c1-11-14(28-10-22-11)4-5-25-8-13(7-23-25)24-16(26)12-2-3-15(21-6-12)27-9-17(18,19)20/h2-3,6-8,10H,4-5,9H2,1H3,(H,24,26). The van der Waals surface area contributed by atoms with Crippen LogP contribution in [0.3, 0.4) is 0 Å². The zero-order valence-corrected chi connectivity index (χ0v) is 15.5. The number of pyridine rings is 1. The number of carbonyl (C=O) groups excluding carboxylic acids is 1. The number of aromatic nitrogens is 4. The van der Waals surface area contributed by atoms with Crippen molar-refractivity contribution in [3.8, 4) is 5.88 Å². The first-order valence-corrected chi connectivity index (χ1v) is 9.06. The second-order valence-corrected chi connectivity index (χ2v) is 6.79. The van der Waals surface area contributed by atoms with Crippen LogP contribution in [-0.4, -0.2) is 38.4 Å². The number of aryl methyl sites for hydroxylation is 3. The van der Waals surface area contributed by atoms with E-state index in [1.165, 1.54) is 23.2 Å². The predicted octanol–water partition coefficient (Wildman–Crippen LogP) is 3.48. The van der Waals surface area contributed by atoms with Crippen molar-refractivity contribution in [1.82, 2.24) is 19.7 Å². The summed E-state index contributed by atoms with van der Waals surface area (Å²) in [4.78, 5) is 21.3. The van der Waals surface area contributed by atoms with Gasteiger partial charge < -0.3 is 10.1 Å². The van der Waals surface area contributed by atoms with Crippen molar-refractivity contribution in [1.29, 1.82) is 0 Å². The van der Waals surface area contributed by atoms with Crippen molar-refractivity contribution < 1.29 is 22.7 Å². The summed E-state index contributed by atoms with van der Waals surface area (Å²) in [6, 6.07) is 2.55. The van der Waals surface area contributed by atoms with Gasteiger partial charge in [-0.15, -0.1) is 11.3 Å². The molecule has 0 unspecified atom stereocenters. The summed E-state index contributed by atoms with van der Waals surface area (Å²) in [6.45, 7) is 1.16. The molecule has 7 nitrogen and oxygen atoms in total. The molecule has 0 atom stereocenters. The number of thiazole rings is 1. The van der Waals surface area contributed by atoms with Gasteiger partial charge >= 0.3 is 6.18 Å². The van der Waals surface area contributed by atoms with E-state index in [0.717, 1.165) is 18.3 Å². The quantitative estimate of drug-likeness (QED) is 0.644. The molecule has 0 aliphatic carbocycles. The third kappa shape index (κ3) is 5.52. The van der Waals surface area contributed by atoms with E-state index in [-0.39, 0.29) is 11.4 Å². The molecule has 0 fully saturated rings. The maximum absolute atomic E-state index is 12.2. The van der Waals surface area contributed by atoms with Gasteiger partial charge in [-0.2, -0.15) is 18.3 Å². The van der Waals surface area contributed by atoms with Gasteiger partial charge in [0.25, 0.3) is 5.91 Å². The Balaban J connectivity index is 1.53. The smallest absolute Gasteiger partial charge is 0.422 e. The number of anilines is 1. The lowest BCUT2D eigenvalue weighted by molar-refractivity contribution is -0.154. The van der Waals surface area contributed by atoms with Crippen LogP contribution in [0.15, 0.2) is 36.2 Å². The molecule has 0 aliphatic heterocycles. The summed E-state index contributed by atoms with van der Waals surface area (Å²) in [5.74, 6) is -0.659. The Morgan fingerprint density at radius 1 is 1.29 bits per heavy atom. The van der Waals surface area contributed by atoms with Gasteiger partial charge in [0, 0.05) is 36.3 Å². The normalized spacial score (nSPS) is 11.4. The Bertz CT molecular complexity index is 937. The zero-order chi connectivity index (χ0) is 20.1. The number of hydrogen-bond acceptors (Lipinski definition) is 6. The predicted molar refractivity (Wildman–Crippen MR) is 96.5 cm³/mol. The Morgan fingerprint density at radius 3 is 2.75 bits per heavy atom. The van der Waals surface area contributed by atoms with Crippen LogP contribution in [-0.2, 0) is 13.0 Å². The van der Waals surface area contributed by atoms with E-state index < -0.39 is 18.7 Å². The Hall–Kier alpha value is -2.95. The second-order valence-electron chi connectivity index (χ2n) is 5.85. The minimum absolute atomic E-state index is 0.187. The maximum Gasteiger partial charge on any atom is 0.422 e. The lowest BCUT2D eigenvalue weighted by Crippen LogP contribution is -2.19. The number of ether oxygens (including phenoxy) is 1. The summed E-state index contributed by atoms with van der Waals surface area (Å²) < 4.78 is 42.6. The van der Waals surface area contributed by atoms with Crippen LogP contribution in [0.1, 0.15) is 20.9 Å². The largest absolute Gasteiger partial charge is 0.468 e. The molecule has 0 saturated carbocycles. The van der Waals surface area contributed by atoms with E-state index in [4.69, 9.17) is 0 Å². The van der Waals surface area contributed by atoms with Crippen molar-refractivity contribution in [3.05, 3.63) is 52.4 Å². The van der Waals surface area contributed by atoms with E-state index in [1.807, 2.05) is 6.92 Å². The fraction of sp³-hybridized carbons (Fsp3) is 0.294. The average molecular weight is 411 g/mol. The summed E-state index contributed by atoms with van der Waals surface area (Å²) in [5, 5.41) is 6.86. The Morgan fingerprint density at radius 2 is 2.11 bits per heavy atom. The number of alkyl halides is 3. The molecular weight excluding hydrogens is 395 g/mol. The molecule has 0 aliphatic rings. The van der Waals surface area contributed by atoms with Crippen molar-refractivity contribution in [2.75, 3.05) is 11.9 Å². The molecule has 0 spiro atoms. The number of hydrogen-bond donors (Lipinski definition) is 1. The molecule has 3 heterocycles. The van der Waals surface area contributed by atoms with Gasteiger partial charge in [0.15, 0.2) is 6.61 Å². The van der Waals surface area contributed by atoms with E-state index in [9.17, 15) is 18.0 Å². The van der Waals surface area contributed by atoms with Crippen LogP contribution < -0.4 is 10.1 Å². The number of nitrogens with one attached hydrogen (secondary N) is 1. The number of carbonyl (C=O) groups is 1. The first kappa shape index (κ1) is 19.8. The van der Waals surface area contributed by atoms with Crippen molar-refractivity contribution in [2.24, 2.45) is 0 Å². The summed E-state index contributed by atoms with van der Waals surface area (Å²) in [7, 11) is 0. The average Bonchev–Trinajstić information content (AvgIpc) is 3.26. The Kier molecular flexibility index (Phi) is 5.93. The molecule has 0 radical (unpaired) electrons. The van der Waals surface area contributed by atoms with E-state index in [2.05, 4.69) is 25.1 Å². The zero-order valence-electron chi connectivity index (χ0n) is 14.7. The van der Waals surface area contributed by atoms with E-state index in [0.29, 0.717) is 12.2 Å². The van der Waals surface area contributed by atoms with Crippen molar-refractivity contribution >= 4 is 22.9 Å². The molecule has 0 aromatic carbocycles. The highest BCUT2D eigenvalue weighted by Gasteiger charge is 2.28.